The van der Waals surface area contributed by atoms with E-state index in [4.69, 9.17) is 0 Å². The van der Waals surface area contributed by atoms with Crippen molar-refractivity contribution in [3.63, 3.8) is 0 Å². The van der Waals surface area contributed by atoms with E-state index in [1.807, 2.05) is 30.4 Å². The van der Waals surface area contributed by atoms with Crippen molar-refractivity contribution in [1.82, 2.24) is 15.3 Å². The maximum absolute atomic E-state index is 13.2. The highest BCUT2D eigenvalue weighted by molar-refractivity contribution is 5.31. The number of nitrogens with zero attached hydrogens (tertiary/aromatic N) is 3. The molecule has 0 saturated carbocycles. The Kier molecular flexibility index (Phi) is 5.22. The van der Waals surface area contributed by atoms with Crippen molar-refractivity contribution in [2.45, 2.75) is 33.0 Å². The summed E-state index contributed by atoms with van der Waals surface area (Å²) in [7, 11) is 1.90. The molecule has 0 saturated heterocycles. The average Bonchev–Trinajstić information content (AvgIpc) is 2.45. The van der Waals surface area contributed by atoms with Gasteiger partial charge in [0, 0.05) is 44.1 Å². The van der Waals surface area contributed by atoms with Gasteiger partial charge in [0.1, 0.15) is 5.82 Å². The van der Waals surface area contributed by atoms with Crippen LogP contribution >= 0.6 is 0 Å². The lowest BCUT2D eigenvalue weighted by Crippen LogP contribution is -2.23. The summed E-state index contributed by atoms with van der Waals surface area (Å²) in [5, 5.41) is 3.32. The molecule has 112 valence electrons. The summed E-state index contributed by atoms with van der Waals surface area (Å²) in [6.07, 6.45) is 3.64. The second kappa shape index (κ2) is 7.13. The van der Waals surface area contributed by atoms with Crippen LogP contribution in [0.1, 0.15) is 25.0 Å². The van der Waals surface area contributed by atoms with E-state index in [0.717, 1.165) is 17.7 Å². The molecule has 1 heterocycles. The second-order valence-corrected chi connectivity index (χ2v) is 5.41. The fourth-order valence-corrected chi connectivity index (χ4v) is 1.94. The van der Waals surface area contributed by atoms with Crippen molar-refractivity contribution in [3.8, 4) is 0 Å². The van der Waals surface area contributed by atoms with E-state index in [2.05, 4.69) is 29.1 Å². The summed E-state index contributed by atoms with van der Waals surface area (Å²) in [5.41, 5.74) is 1.94. The molecule has 5 heteroatoms. The lowest BCUT2D eigenvalue weighted by Gasteiger charge is -2.17. The van der Waals surface area contributed by atoms with E-state index in [-0.39, 0.29) is 5.82 Å². The highest BCUT2D eigenvalue weighted by atomic mass is 19.1. The molecule has 0 aliphatic carbocycles. The molecule has 0 aliphatic heterocycles. The maximum Gasteiger partial charge on any atom is 0.225 e. The minimum Gasteiger partial charge on any atom is -0.340 e. The topological polar surface area (TPSA) is 41.1 Å². The van der Waals surface area contributed by atoms with Crippen LogP contribution in [0.5, 0.6) is 0 Å². The third-order valence-electron chi connectivity index (χ3n) is 3.06. The van der Waals surface area contributed by atoms with Crippen LogP contribution in [0, 0.1) is 5.82 Å². The number of hydrogen-bond acceptors (Lipinski definition) is 4. The molecular weight excluding hydrogens is 267 g/mol. The molecule has 0 spiro atoms. The van der Waals surface area contributed by atoms with Crippen molar-refractivity contribution in [3.05, 3.63) is 53.6 Å². The van der Waals surface area contributed by atoms with Crippen LogP contribution in [0.3, 0.4) is 0 Å². The Balaban J connectivity index is 1.97. The highest BCUT2D eigenvalue weighted by Crippen LogP contribution is 2.11. The monoisotopic (exact) mass is 288 g/mol. The summed E-state index contributed by atoms with van der Waals surface area (Å²) < 4.78 is 13.2. The molecule has 2 aromatic rings. The molecule has 0 fully saturated rings. The number of benzene rings is 1. The average molecular weight is 288 g/mol. The summed E-state index contributed by atoms with van der Waals surface area (Å²) in [6.45, 7) is 5.52. The molecule has 0 amide bonds. The van der Waals surface area contributed by atoms with Gasteiger partial charge in [-0.1, -0.05) is 26.0 Å². The van der Waals surface area contributed by atoms with E-state index >= 15 is 0 Å². The third kappa shape index (κ3) is 4.79. The standard InChI is InChI=1S/C16H21FN4/c1-12(2)18-8-14-9-19-16(20-10-14)21(3)11-13-5-4-6-15(17)7-13/h4-7,9-10,12,18H,8,11H2,1-3H3. The summed E-state index contributed by atoms with van der Waals surface area (Å²) in [5.74, 6) is 0.407. The van der Waals surface area contributed by atoms with Gasteiger partial charge in [-0.3, -0.25) is 0 Å². The fourth-order valence-electron chi connectivity index (χ4n) is 1.94. The van der Waals surface area contributed by atoms with E-state index in [1.165, 1.54) is 12.1 Å². The number of anilines is 1. The minimum atomic E-state index is -0.225. The van der Waals surface area contributed by atoms with Gasteiger partial charge in [0.25, 0.3) is 0 Å². The van der Waals surface area contributed by atoms with Gasteiger partial charge < -0.3 is 10.2 Å². The number of hydrogen-bond donors (Lipinski definition) is 1. The number of aromatic nitrogens is 2. The molecule has 0 atom stereocenters. The lowest BCUT2D eigenvalue weighted by molar-refractivity contribution is 0.586. The molecule has 0 aliphatic rings. The third-order valence-corrected chi connectivity index (χ3v) is 3.06. The Morgan fingerprint density at radius 2 is 1.90 bits per heavy atom. The summed E-state index contributed by atoms with van der Waals surface area (Å²) in [6, 6.07) is 6.99. The van der Waals surface area contributed by atoms with Crippen LogP contribution in [0.2, 0.25) is 0 Å². The van der Waals surface area contributed by atoms with Crippen LogP contribution in [0.15, 0.2) is 36.7 Å². The van der Waals surface area contributed by atoms with Crippen LogP contribution in [0.25, 0.3) is 0 Å². The predicted octanol–water partition coefficient (Wildman–Crippen LogP) is 2.75. The molecule has 21 heavy (non-hydrogen) atoms. The molecule has 1 aromatic heterocycles. The summed E-state index contributed by atoms with van der Waals surface area (Å²) >= 11 is 0. The molecule has 0 unspecified atom stereocenters. The first-order valence-electron chi connectivity index (χ1n) is 7.04. The Hall–Kier alpha value is -2.01. The number of rotatable bonds is 6. The van der Waals surface area contributed by atoms with Crippen molar-refractivity contribution in [2.75, 3.05) is 11.9 Å². The second-order valence-electron chi connectivity index (χ2n) is 5.41. The van der Waals surface area contributed by atoms with Gasteiger partial charge in [-0.05, 0) is 17.7 Å². The number of nitrogens with one attached hydrogen (secondary N) is 1. The molecule has 0 bridgehead atoms. The molecule has 1 aromatic carbocycles. The SMILES string of the molecule is CC(C)NCc1cnc(N(C)Cc2cccc(F)c2)nc1. The van der Waals surface area contributed by atoms with Crippen molar-refractivity contribution in [2.24, 2.45) is 0 Å². The normalized spacial score (nSPS) is 10.9. The van der Waals surface area contributed by atoms with Gasteiger partial charge in [0.2, 0.25) is 5.95 Å². The van der Waals surface area contributed by atoms with Gasteiger partial charge in [-0.15, -0.1) is 0 Å². The van der Waals surface area contributed by atoms with Gasteiger partial charge >= 0.3 is 0 Å². The largest absolute Gasteiger partial charge is 0.340 e. The van der Waals surface area contributed by atoms with Crippen LogP contribution in [-0.4, -0.2) is 23.1 Å². The Bertz CT molecular complexity index is 569. The first kappa shape index (κ1) is 15.4. The van der Waals surface area contributed by atoms with Gasteiger partial charge in [0.05, 0.1) is 0 Å². The van der Waals surface area contributed by atoms with Gasteiger partial charge in [-0.25, -0.2) is 14.4 Å². The number of halogens is 1. The zero-order valence-electron chi connectivity index (χ0n) is 12.7. The smallest absolute Gasteiger partial charge is 0.225 e. The summed E-state index contributed by atoms with van der Waals surface area (Å²) in [4.78, 5) is 10.6. The van der Waals surface area contributed by atoms with Gasteiger partial charge in [-0.2, -0.15) is 0 Å². The fraction of sp³-hybridized carbons (Fsp3) is 0.375. The maximum atomic E-state index is 13.2. The quantitative estimate of drug-likeness (QED) is 0.887. The molecule has 4 nitrogen and oxygen atoms in total. The zero-order chi connectivity index (χ0) is 15.2. The predicted molar refractivity (Wildman–Crippen MR) is 82.5 cm³/mol. The zero-order valence-corrected chi connectivity index (χ0v) is 12.7. The minimum absolute atomic E-state index is 0.225. The van der Waals surface area contributed by atoms with Crippen molar-refractivity contribution in [1.29, 1.82) is 0 Å². The highest BCUT2D eigenvalue weighted by Gasteiger charge is 2.06. The molecule has 1 N–H and O–H groups in total. The van der Waals surface area contributed by atoms with Crippen LogP contribution in [0.4, 0.5) is 10.3 Å². The first-order valence-corrected chi connectivity index (χ1v) is 7.04. The van der Waals surface area contributed by atoms with Crippen LogP contribution in [-0.2, 0) is 13.1 Å². The van der Waals surface area contributed by atoms with E-state index in [1.54, 1.807) is 6.07 Å². The van der Waals surface area contributed by atoms with E-state index < -0.39 is 0 Å². The molecular formula is C16H21FN4. The van der Waals surface area contributed by atoms with Crippen molar-refractivity contribution < 1.29 is 4.39 Å². The Morgan fingerprint density at radius 3 is 2.52 bits per heavy atom. The first-order chi connectivity index (χ1) is 10.0. The van der Waals surface area contributed by atoms with E-state index in [0.29, 0.717) is 18.5 Å². The van der Waals surface area contributed by atoms with Gasteiger partial charge in [0.15, 0.2) is 0 Å². The molecule has 0 radical (unpaired) electrons. The van der Waals surface area contributed by atoms with Crippen LogP contribution < -0.4 is 10.2 Å². The van der Waals surface area contributed by atoms with E-state index in [9.17, 15) is 4.39 Å². The molecule has 2 rings (SSSR count). The Morgan fingerprint density at radius 1 is 1.19 bits per heavy atom. The Labute approximate surface area is 125 Å². The van der Waals surface area contributed by atoms with Crippen molar-refractivity contribution >= 4 is 5.95 Å². The lowest BCUT2D eigenvalue weighted by atomic mass is 10.2.